The van der Waals surface area contributed by atoms with Crippen LogP contribution in [0, 0.1) is 19.8 Å². The third kappa shape index (κ3) is 2.86. The minimum Gasteiger partial charge on any atom is -0.310 e. The van der Waals surface area contributed by atoms with Crippen LogP contribution in [0.5, 0.6) is 0 Å². The van der Waals surface area contributed by atoms with Gasteiger partial charge in [-0.1, -0.05) is 0 Å². The molecule has 0 aromatic carbocycles. The van der Waals surface area contributed by atoms with E-state index in [9.17, 15) is 0 Å². The maximum atomic E-state index is 4.48. The largest absolute Gasteiger partial charge is 0.310 e. The Morgan fingerprint density at radius 3 is 2.82 bits per heavy atom. The van der Waals surface area contributed by atoms with Crippen molar-refractivity contribution < 1.29 is 0 Å². The van der Waals surface area contributed by atoms with Crippen molar-refractivity contribution in [1.29, 1.82) is 0 Å². The summed E-state index contributed by atoms with van der Waals surface area (Å²) in [5, 5.41) is 8.15. The molecule has 2 heterocycles. The fourth-order valence-corrected chi connectivity index (χ4v) is 3.89. The molecule has 1 aromatic rings. The number of nitrogens with one attached hydrogen (secondary N) is 1. The van der Waals surface area contributed by atoms with Gasteiger partial charge in [0.1, 0.15) is 0 Å². The van der Waals surface area contributed by atoms with Gasteiger partial charge in [0.25, 0.3) is 0 Å². The molecule has 0 amide bonds. The lowest BCUT2D eigenvalue weighted by atomic mass is 10.0. The van der Waals surface area contributed by atoms with Crippen LogP contribution in [0.2, 0.25) is 0 Å². The molecule has 1 aliphatic rings. The average Bonchev–Trinajstić information content (AvgIpc) is 2.86. The molecular formula is C13H23N3S. The lowest BCUT2D eigenvalue weighted by Gasteiger charge is -2.17. The van der Waals surface area contributed by atoms with Gasteiger partial charge in [-0.3, -0.25) is 4.68 Å². The van der Waals surface area contributed by atoms with Crippen LogP contribution in [0.4, 0.5) is 0 Å². The number of hydrogen-bond donors (Lipinski definition) is 1. The molecule has 17 heavy (non-hydrogen) atoms. The monoisotopic (exact) mass is 253 g/mol. The van der Waals surface area contributed by atoms with Crippen LogP contribution < -0.4 is 5.32 Å². The van der Waals surface area contributed by atoms with Gasteiger partial charge in [0.2, 0.25) is 0 Å². The van der Waals surface area contributed by atoms with Crippen molar-refractivity contribution in [1.82, 2.24) is 15.1 Å². The molecule has 0 aliphatic carbocycles. The van der Waals surface area contributed by atoms with E-state index in [1.807, 2.05) is 11.7 Å². The summed E-state index contributed by atoms with van der Waals surface area (Å²) in [7, 11) is 2.02. The number of rotatable bonds is 4. The lowest BCUT2D eigenvalue weighted by Crippen LogP contribution is -2.26. The molecule has 2 rings (SSSR count). The number of thioether (sulfide) groups is 1. The van der Waals surface area contributed by atoms with Crippen LogP contribution in [-0.4, -0.2) is 27.8 Å². The zero-order valence-electron chi connectivity index (χ0n) is 11.3. The summed E-state index contributed by atoms with van der Waals surface area (Å²) < 4.78 is 1.98. The molecule has 0 spiro atoms. The third-order valence-electron chi connectivity index (χ3n) is 3.73. The Morgan fingerprint density at radius 2 is 2.29 bits per heavy atom. The average molecular weight is 253 g/mol. The molecule has 1 aromatic heterocycles. The smallest absolute Gasteiger partial charge is 0.0644 e. The van der Waals surface area contributed by atoms with Gasteiger partial charge in [0.05, 0.1) is 5.69 Å². The van der Waals surface area contributed by atoms with E-state index in [0.29, 0.717) is 6.04 Å². The topological polar surface area (TPSA) is 29.9 Å². The maximum Gasteiger partial charge on any atom is 0.0644 e. The van der Waals surface area contributed by atoms with Crippen LogP contribution in [0.1, 0.15) is 36.3 Å². The maximum absolute atomic E-state index is 4.48. The Hall–Kier alpha value is -0.480. The first-order valence-corrected chi connectivity index (χ1v) is 7.56. The van der Waals surface area contributed by atoms with E-state index in [2.05, 4.69) is 42.9 Å². The van der Waals surface area contributed by atoms with E-state index in [0.717, 1.165) is 18.2 Å². The van der Waals surface area contributed by atoms with Crippen molar-refractivity contribution in [2.75, 3.05) is 18.1 Å². The van der Waals surface area contributed by atoms with Gasteiger partial charge in [-0.05, 0) is 51.2 Å². The Morgan fingerprint density at radius 1 is 1.53 bits per heavy atom. The van der Waals surface area contributed by atoms with Gasteiger partial charge >= 0.3 is 0 Å². The first-order valence-electron chi connectivity index (χ1n) is 6.40. The Labute approximate surface area is 108 Å². The molecule has 2 unspecified atom stereocenters. The van der Waals surface area contributed by atoms with E-state index in [4.69, 9.17) is 0 Å². The molecule has 4 heteroatoms. The van der Waals surface area contributed by atoms with Crippen molar-refractivity contribution in [3.8, 4) is 0 Å². The highest BCUT2D eigenvalue weighted by Gasteiger charge is 2.19. The molecule has 0 radical (unpaired) electrons. The zero-order chi connectivity index (χ0) is 12.4. The highest BCUT2D eigenvalue weighted by atomic mass is 32.2. The Bertz CT molecular complexity index is 380. The van der Waals surface area contributed by atoms with Gasteiger partial charge in [-0.25, -0.2) is 0 Å². The Kier molecular flexibility index (Phi) is 4.15. The number of nitrogens with zero attached hydrogens (tertiary/aromatic N) is 2. The van der Waals surface area contributed by atoms with Crippen LogP contribution in [0.25, 0.3) is 0 Å². The second kappa shape index (κ2) is 5.44. The molecule has 1 saturated heterocycles. The van der Waals surface area contributed by atoms with Crippen LogP contribution in [0.15, 0.2) is 0 Å². The lowest BCUT2D eigenvalue weighted by molar-refractivity contribution is 0.475. The summed E-state index contributed by atoms with van der Waals surface area (Å²) in [5.74, 6) is 3.52. The number of aromatic nitrogens is 2. The molecule has 2 atom stereocenters. The van der Waals surface area contributed by atoms with Crippen molar-refractivity contribution in [2.45, 2.75) is 33.2 Å². The summed E-state index contributed by atoms with van der Waals surface area (Å²) >= 11 is 2.08. The summed E-state index contributed by atoms with van der Waals surface area (Å²) in [6, 6.07) is 0.411. The highest BCUT2D eigenvalue weighted by Crippen LogP contribution is 2.25. The SMILES string of the molecule is Cc1nn(C)c(C)c1C(C)NCC1CCSC1. The fourth-order valence-electron chi connectivity index (χ4n) is 2.61. The summed E-state index contributed by atoms with van der Waals surface area (Å²) in [5.41, 5.74) is 3.81. The van der Waals surface area contributed by atoms with Crippen molar-refractivity contribution in [3.05, 3.63) is 17.0 Å². The molecule has 1 aliphatic heterocycles. The van der Waals surface area contributed by atoms with E-state index in [-0.39, 0.29) is 0 Å². The first-order chi connectivity index (χ1) is 8.09. The van der Waals surface area contributed by atoms with Crippen LogP contribution in [0.3, 0.4) is 0 Å². The predicted molar refractivity (Wildman–Crippen MR) is 74.5 cm³/mol. The van der Waals surface area contributed by atoms with E-state index in [1.54, 1.807) is 0 Å². The second-order valence-electron chi connectivity index (χ2n) is 5.07. The van der Waals surface area contributed by atoms with Crippen LogP contribution >= 0.6 is 11.8 Å². The highest BCUT2D eigenvalue weighted by molar-refractivity contribution is 7.99. The predicted octanol–water partition coefficient (Wildman–Crippen LogP) is 2.44. The molecule has 1 fully saturated rings. The molecule has 3 nitrogen and oxygen atoms in total. The van der Waals surface area contributed by atoms with Crippen molar-refractivity contribution >= 4 is 11.8 Å². The minimum atomic E-state index is 0.411. The molecule has 1 N–H and O–H groups in total. The summed E-state index contributed by atoms with van der Waals surface area (Å²) in [4.78, 5) is 0. The number of aryl methyl sites for hydroxylation is 2. The molecular weight excluding hydrogens is 230 g/mol. The molecule has 0 bridgehead atoms. The zero-order valence-corrected chi connectivity index (χ0v) is 12.1. The Balaban J connectivity index is 1.96. The van der Waals surface area contributed by atoms with Gasteiger partial charge in [0.15, 0.2) is 0 Å². The summed E-state index contributed by atoms with van der Waals surface area (Å²) in [6.45, 7) is 7.64. The van der Waals surface area contributed by atoms with E-state index in [1.165, 1.54) is 29.2 Å². The van der Waals surface area contributed by atoms with Crippen molar-refractivity contribution in [2.24, 2.45) is 13.0 Å². The number of hydrogen-bond acceptors (Lipinski definition) is 3. The standard InChI is InChI=1S/C13H23N3S/c1-9(14-7-12-5-6-17-8-12)13-10(2)15-16(4)11(13)3/h9,12,14H,5-8H2,1-4H3. The normalized spacial score (nSPS) is 22.0. The summed E-state index contributed by atoms with van der Waals surface area (Å²) in [6.07, 6.45) is 1.37. The third-order valence-corrected chi connectivity index (χ3v) is 4.97. The van der Waals surface area contributed by atoms with Gasteiger partial charge in [0, 0.05) is 24.3 Å². The quantitative estimate of drug-likeness (QED) is 0.894. The van der Waals surface area contributed by atoms with Gasteiger partial charge < -0.3 is 5.32 Å². The van der Waals surface area contributed by atoms with Crippen LogP contribution in [-0.2, 0) is 7.05 Å². The minimum absolute atomic E-state index is 0.411. The van der Waals surface area contributed by atoms with Gasteiger partial charge in [-0.2, -0.15) is 16.9 Å². The molecule has 96 valence electrons. The van der Waals surface area contributed by atoms with Gasteiger partial charge in [-0.15, -0.1) is 0 Å². The van der Waals surface area contributed by atoms with E-state index >= 15 is 0 Å². The second-order valence-corrected chi connectivity index (χ2v) is 6.22. The molecule has 0 saturated carbocycles. The van der Waals surface area contributed by atoms with Crippen molar-refractivity contribution in [3.63, 3.8) is 0 Å². The first kappa shape index (κ1) is 13.0. The van der Waals surface area contributed by atoms with E-state index < -0.39 is 0 Å². The fraction of sp³-hybridized carbons (Fsp3) is 0.769.